The number of piperidine rings is 1. The molecule has 0 bridgehead atoms. The average molecular weight is 530 g/mol. The maximum Gasteiger partial charge on any atom is 0.410 e. The summed E-state index contributed by atoms with van der Waals surface area (Å²) in [4.78, 5) is 65.0. The van der Waals surface area contributed by atoms with Crippen LogP contribution in [0.25, 0.3) is 0 Å². The molecule has 2 heterocycles. The third kappa shape index (κ3) is 7.77. The topological polar surface area (TPSA) is 151 Å². The Balaban J connectivity index is 1.48. The standard InChI is InChI=1S/C27H39N5O6/c1-27(2,3)38-26(37)31(16-8-14-28)15-6-4-5-11-22(33)29-20-10-7-9-18-19(20)17-32(25(18)36)21-12-13-23(34)30-24(21)35/h7,9-10,21H,4-6,8,11-17,28H2,1-3H3,(H,29,33)(H,30,34,35). The summed E-state index contributed by atoms with van der Waals surface area (Å²) in [6.07, 6.45) is 3.21. The van der Waals surface area contributed by atoms with Crippen LogP contribution < -0.4 is 16.4 Å². The van der Waals surface area contributed by atoms with Gasteiger partial charge in [-0.2, -0.15) is 0 Å². The lowest BCUT2D eigenvalue weighted by Gasteiger charge is -2.29. The zero-order valence-corrected chi connectivity index (χ0v) is 22.5. The Hall–Kier alpha value is -3.47. The number of hydrogen-bond acceptors (Lipinski definition) is 7. The normalized spacial score (nSPS) is 17.2. The molecular formula is C27H39N5O6. The van der Waals surface area contributed by atoms with Crippen LogP contribution in [0.3, 0.4) is 0 Å². The van der Waals surface area contributed by atoms with Gasteiger partial charge in [0.15, 0.2) is 0 Å². The quantitative estimate of drug-likeness (QED) is 0.294. The highest BCUT2D eigenvalue weighted by Gasteiger charge is 2.40. The zero-order valence-electron chi connectivity index (χ0n) is 22.5. The minimum Gasteiger partial charge on any atom is -0.444 e. The number of rotatable bonds is 11. The lowest BCUT2D eigenvalue weighted by Crippen LogP contribution is -2.52. The summed E-state index contributed by atoms with van der Waals surface area (Å²) in [5, 5.41) is 5.20. The summed E-state index contributed by atoms with van der Waals surface area (Å²) in [5.74, 6) is -1.26. The van der Waals surface area contributed by atoms with E-state index in [0.29, 0.717) is 55.7 Å². The Morgan fingerprint density at radius 3 is 2.55 bits per heavy atom. The van der Waals surface area contributed by atoms with Crippen LogP contribution in [0.2, 0.25) is 0 Å². The van der Waals surface area contributed by atoms with Crippen molar-refractivity contribution < 1.29 is 28.7 Å². The van der Waals surface area contributed by atoms with Crippen LogP contribution in [0.15, 0.2) is 18.2 Å². The first-order valence-electron chi connectivity index (χ1n) is 13.2. The predicted molar refractivity (Wildman–Crippen MR) is 141 cm³/mol. The minimum atomic E-state index is -0.707. The molecule has 1 saturated heterocycles. The van der Waals surface area contributed by atoms with E-state index in [2.05, 4.69) is 10.6 Å². The van der Waals surface area contributed by atoms with E-state index in [1.807, 2.05) is 20.8 Å². The van der Waals surface area contributed by atoms with Gasteiger partial charge in [0.1, 0.15) is 11.6 Å². The first-order chi connectivity index (χ1) is 18.0. The van der Waals surface area contributed by atoms with Gasteiger partial charge in [-0.3, -0.25) is 24.5 Å². The first kappa shape index (κ1) is 29.1. The molecule has 0 saturated carbocycles. The number of ether oxygens (including phenoxy) is 1. The van der Waals surface area contributed by atoms with Crippen LogP contribution in [0.1, 0.15) is 81.6 Å². The third-order valence-corrected chi connectivity index (χ3v) is 6.47. The molecule has 0 spiro atoms. The number of nitrogens with zero attached hydrogens (tertiary/aromatic N) is 2. The molecule has 38 heavy (non-hydrogen) atoms. The van der Waals surface area contributed by atoms with E-state index >= 15 is 0 Å². The van der Waals surface area contributed by atoms with Crippen LogP contribution in [-0.4, -0.2) is 70.8 Å². The number of anilines is 1. The van der Waals surface area contributed by atoms with Gasteiger partial charge < -0.3 is 25.6 Å². The molecule has 11 nitrogen and oxygen atoms in total. The van der Waals surface area contributed by atoms with Crippen molar-refractivity contribution in [2.75, 3.05) is 25.0 Å². The van der Waals surface area contributed by atoms with Crippen molar-refractivity contribution in [2.45, 2.75) is 83.9 Å². The fourth-order valence-corrected chi connectivity index (χ4v) is 4.58. The van der Waals surface area contributed by atoms with Gasteiger partial charge >= 0.3 is 6.09 Å². The highest BCUT2D eigenvalue weighted by molar-refractivity contribution is 6.06. The molecule has 3 rings (SSSR count). The molecule has 1 aromatic rings. The second-order valence-corrected chi connectivity index (χ2v) is 10.7. The molecule has 1 aromatic carbocycles. The van der Waals surface area contributed by atoms with Crippen LogP contribution in [-0.2, 0) is 25.7 Å². The van der Waals surface area contributed by atoms with E-state index in [9.17, 15) is 24.0 Å². The Labute approximate surface area is 223 Å². The van der Waals surface area contributed by atoms with Crippen molar-refractivity contribution in [3.8, 4) is 0 Å². The molecule has 11 heteroatoms. The Morgan fingerprint density at radius 2 is 1.87 bits per heavy atom. The van der Waals surface area contributed by atoms with Crippen molar-refractivity contribution in [1.29, 1.82) is 0 Å². The third-order valence-electron chi connectivity index (χ3n) is 6.47. The summed E-state index contributed by atoms with van der Waals surface area (Å²) in [6, 6.07) is 4.42. The highest BCUT2D eigenvalue weighted by Crippen LogP contribution is 2.32. The number of nitrogens with one attached hydrogen (secondary N) is 2. The molecule has 5 amide bonds. The Morgan fingerprint density at radius 1 is 1.13 bits per heavy atom. The van der Waals surface area contributed by atoms with E-state index in [1.165, 1.54) is 4.90 Å². The first-order valence-corrected chi connectivity index (χ1v) is 13.2. The molecule has 1 fully saturated rings. The SMILES string of the molecule is CC(C)(C)OC(=O)N(CCCN)CCCCCC(=O)Nc1cccc2c1CN(C1CCC(=O)NC1=O)C2=O. The number of imide groups is 1. The van der Waals surface area contributed by atoms with Gasteiger partial charge in [0.05, 0.1) is 0 Å². The smallest absolute Gasteiger partial charge is 0.410 e. The van der Waals surface area contributed by atoms with Gasteiger partial charge in [-0.1, -0.05) is 12.5 Å². The monoisotopic (exact) mass is 529 g/mol. The fourth-order valence-electron chi connectivity index (χ4n) is 4.58. The van der Waals surface area contributed by atoms with Crippen molar-refractivity contribution in [2.24, 2.45) is 5.73 Å². The average Bonchev–Trinajstić information content (AvgIpc) is 3.17. The van der Waals surface area contributed by atoms with Crippen molar-refractivity contribution in [3.05, 3.63) is 29.3 Å². The lowest BCUT2D eigenvalue weighted by atomic mass is 10.0. The number of carbonyl (C=O) groups excluding carboxylic acids is 5. The number of fused-ring (bicyclic) bond motifs is 1. The minimum absolute atomic E-state index is 0.169. The summed E-state index contributed by atoms with van der Waals surface area (Å²) in [5.41, 5.74) is 6.70. The molecule has 2 aliphatic rings. The molecular weight excluding hydrogens is 490 g/mol. The molecule has 2 aliphatic heterocycles. The van der Waals surface area contributed by atoms with Gasteiger partial charge in [-0.25, -0.2) is 4.79 Å². The number of nitrogens with two attached hydrogens (primary N) is 1. The molecule has 208 valence electrons. The number of unbranched alkanes of at least 4 members (excludes halogenated alkanes) is 2. The van der Waals surface area contributed by atoms with Gasteiger partial charge in [0.2, 0.25) is 17.7 Å². The van der Waals surface area contributed by atoms with Gasteiger partial charge in [0, 0.05) is 49.3 Å². The Kier molecular flexibility index (Phi) is 9.84. The number of amides is 5. The van der Waals surface area contributed by atoms with Gasteiger partial charge in [0.25, 0.3) is 5.91 Å². The number of hydrogen-bond donors (Lipinski definition) is 3. The van der Waals surface area contributed by atoms with Gasteiger partial charge in [-0.05, 0) is 65.1 Å². The van der Waals surface area contributed by atoms with Crippen LogP contribution >= 0.6 is 0 Å². The molecule has 0 aromatic heterocycles. The van der Waals surface area contributed by atoms with Gasteiger partial charge in [-0.15, -0.1) is 0 Å². The van der Waals surface area contributed by atoms with Crippen LogP contribution in [0.4, 0.5) is 10.5 Å². The molecule has 1 unspecified atom stereocenters. The number of benzene rings is 1. The molecule has 0 radical (unpaired) electrons. The van der Waals surface area contributed by atoms with E-state index in [0.717, 1.165) is 12.8 Å². The lowest BCUT2D eigenvalue weighted by molar-refractivity contribution is -0.137. The van der Waals surface area contributed by atoms with E-state index in [1.54, 1.807) is 23.1 Å². The zero-order chi connectivity index (χ0) is 27.9. The highest BCUT2D eigenvalue weighted by atomic mass is 16.6. The second kappa shape index (κ2) is 12.9. The van der Waals surface area contributed by atoms with Crippen molar-refractivity contribution in [3.63, 3.8) is 0 Å². The van der Waals surface area contributed by atoms with E-state index in [-0.39, 0.29) is 43.2 Å². The number of carbonyl (C=O) groups is 5. The second-order valence-electron chi connectivity index (χ2n) is 10.7. The Bertz CT molecular complexity index is 1070. The summed E-state index contributed by atoms with van der Waals surface area (Å²) in [7, 11) is 0. The van der Waals surface area contributed by atoms with Crippen molar-refractivity contribution in [1.82, 2.24) is 15.1 Å². The van der Waals surface area contributed by atoms with Crippen LogP contribution in [0, 0.1) is 0 Å². The molecule has 4 N–H and O–H groups in total. The fraction of sp³-hybridized carbons (Fsp3) is 0.593. The van der Waals surface area contributed by atoms with E-state index in [4.69, 9.17) is 10.5 Å². The largest absolute Gasteiger partial charge is 0.444 e. The predicted octanol–water partition coefficient (Wildman–Crippen LogP) is 2.53. The molecule has 0 aliphatic carbocycles. The van der Waals surface area contributed by atoms with Crippen molar-refractivity contribution >= 4 is 35.4 Å². The molecule has 1 atom stereocenters. The van der Waals surface area contributed by atoms with E-state index < -0.39 is 17.6 Å². The maximum atomic E-state index is 13.0. The summed E-state index contributed by atoms with van der Waals surface area (Å²) < 4.78 is 5.48. The van der Waals surface area contributed by atoms with Crippen LogP contribution in [0.5, 0.6) is 0 Å². The summed E-state index contributed by atoms with van der Waals surface area (Å²) >= 11 is 0. The summed E-state index contributed by atoms with van der Waals surface area (Å²) in [6.45, 7) is 7.22. The maximum absolute atomic E-state index is 13.0.